The lowest BCUT2D eigenvalue weighted by atomic mass is 10.4. The van der Waals surface area contributed by atoms with E-state index in [1.165, 1.54) is 24.7 Å². The predicted octanol–water partition coefficient (Wildman–Crippen LogP) is 1.02. The summed E-state index contributed by atoms with van der Waals surface area (Å²) in [5, 5.41) is 7.10. The van der Waals surface area contributed by atoms with Gasteiger partial charge in [-0.05, 0) is 12.1 Å². The maximum Gasteiger partial charge on any atom is 0.333 e. The molecule has 1 aromatic carbocycles. The van der Waals surface area contributed by atoms with Crippen molar-refractivity contribution in [2.75, 3.05) is 11.4 Å². The third-order valence-corrected chi connectivity index (χ3v) is 6.07. The molecule has 0 fully saturated rings. The van der Waals surface area contributed by atoms with E-state index in [9.17, 15) is 20.7 Å². The topological polar surface area (TPSA) is 97.3 Å². The van der Waals surface area contributed by atoms with E-state index in [1.54, 1.807) is 0 Å². The lowest BCUT2D eigenvalue weighted by molar-refractivity contribution is 0.546. The zero-order valence-electron chi connectivity index (χ0n) is 9.96. The number of hydrogen-bond donors (Lipinski definition) is 0. The van der Waals surface area contributed by atoms with Crippen LogP contribution in [0, 0.1) is 0 Å². The minimum Gasteiger partial charge on any atom is -0.243 e. The van der Waals surface area contributed by atoms with Crippen LogP contribution in [0.1, 0.15) is 0 Å². The molecule has 0 unspecified atom stereocenters. The Bertz CT molecular complexity index is 818. The summed E-state index contributed by atoms with van der Waals surface area (Å²) in [7, 11) is -8.23. The molecule has 20 heavy (non-hydrogen) atoms. The Kier molecular flexibility index (Phi) is 3.75. The third kappa shape index (κ3) is 2.64. The molecule has 1 heterocycles. The van der Waals surface area contributed by atoms with Crippen molar-refractivity contribution < 1.29 is 20.7 Å². The van der Waals surface area contributed by atoms with Gasteiger partial charge in [-0.15, -0.1) is 14.1 Å². The molecule has 0 aliphatic rings. The van der Waals surface area contributed by atoms with Crippen molar-refractivity contribution in [1.29, 1.82) is 0 Å². The van der Waals surface area contributed by atoms with Crippen molar-refractivity contribution in [1.82, 2.24) is 10.2 Å². The summed E-state index contributed by atoms with van der Waals surface area (Å²) < 4.78 is 60.7. The highest BCUT2D eigenvalue weighted by Gasteiger charge is 2.30. The minimum absolute atomic E-state index is 0.0380. The lowest BCUT2D eigenvalue weighted by Gasteiger charge is -2.16. The van der Waals surface area contributed by atoms with Crippen LogP contribution in [0.3, 0.4) is 0 Å². The van der Waals surface area contributed by atoms with Gasteiger partial charge in [0.15, 0.2) is 0 Å². The van der Waals surface area contributed by atoms with E-state index in [1.807, 2.05) is 0 Å². The van der Waals surface area contributed by atoms with Crippen molar-refractivity contribution in [3.63, 3.8) is 0 Å². The standard InChI is InChI=1S/C9H8FN3O4S3/c1-13(9-12-11-6-18-9)20(16,17)8-5-3-2-4-7(8)19(10,14)15/h2-6H,1H3. The molecule has 0 radical (unpaired) electrons. The van der Waals surface area contributed by atoms with E-state index < -0.39 is 30.0 Å². The van der Waals surface area contributed by atoms with Gasteiger partial charge in [-0.2, -0.15) is 8.42 Å². The Labute approximate surface area is 119 Å². The Morgan fingerprint density at radius 1 is 1.15 bits per heavy atom. The first-order valence-electron chi connectivity index (χ1n) is 5.03. The molecule has 11 heteroatoms. The molecule has 0 saturated heterocycles. The fourth-order valence-corrected chi connectivity index (χ4v) is 4.55. The smallest absolute Gasteiger partial charge is 0.243 e. The number of anilines is 1. The lowest BCUT2D eigenvalue weighted by Crippen LogP contribution is -2.27. The molecular weight excluding hydrogens is 329 g/mol. The number of sulfonamides is 1. The molecule has 2 aromatic rings. The summed E-state index contributed by atoms with van der Waals surface area (Å²) in [6.07, 6.45) is 0. The van der Waals surface area contributed by atoms with Gasteiger partial charge in [-0.25, -0.2) is 12.7 Å². The summed E-state index contributed by atoms with van der Waals surface area (Å²) in [4.78, 5) is -1.56. The molecule has 108 valence electrons. The average Bonchev–Trinajstić information content (AvgIpc) is 2.90. The number of rotatable bonds is 4. The first kappa shape index (κ1) is 14.8. The molecule has 0 saturated carbocycles. The van der Waals surface area contributed by atoms with Crippen molar-refractivity contribution in [3.05, 3.63) is 29.8 Å². The fourth-order valence-electron chi connectivity index (χ4n) is 1.42. The van der Waals surface area contributed by atoms with Crippen molar-refractivity contribution >= 4 is 36.7 Å². The molecule has 0 N–H and O–H groups in total. The quantitative estimate of drug-likeness (QED) is 0.773. The van der Waals surface area contributed by atoms with Gasteiger partial charge in [0, 0.05) is 7.05 Å². The normalized spacial score (nSPS) is 12.3. The summed E-state index contributed by atoms with van der Waals surface area (Å²) in [6, 6.07) is 4.43. The zero-order valence-corrected chi connectivity index (χ0v) is 12.4. The Morgan fingerprint density at radius 3 is 2.25 bits per heavy atom. The molecule has 0 atom stereocenters. The largest absolute Gasteiger partial charge is 0.333 e. The van der Waals surface area contributed by atoms with Crippen LogP contribution < -0.4 is 4.31 Å². The Balaban J connectivity index is 2.62. The minimum atomic E-state index is -5.16. The Hall–Kier alpha value is -1.59. The molecule has 2 rings (SSSR count). The van der Waals surface area contributed by atoms with Gasteiger partial charge in [0.25, 0.3) is 10.0 Å². The van der Waals surface area contributed by atoms with Crippen molar-refractivity contribution in [2.45, 2.75) is 9.79 Å². The van der Waals surface area contributed by atoms with E-state index in [2.05, 4.69) is 10.2 Å². The van der Waals surface area contributed by atoms with Crippen LogP contribution in [0.4, 0.5) is 9.02 Å². The van der Waals surface area contributed by atoms with Crippen LogP contribution in [-0.4, -0.2) is 34.1 Å². The average molecular weight is 337 g/mol. The highest BCUT2D eigenvalue weighted by atomic mass is 32.3. The molecule has 0 aliphatic carbocycles. The van der Waals surface area contributed by atoms with Gasteiger partial charge in [0.2, 0.25) is 5.13 Å². The van der Waals surface area contributed by atoms with Crippen LogP contribution in [-0.2, 0) is 20.2 Å². The monoisotopic (exact) mass is 337 g/mol. The van der Waals surface area contributed by atoms with Crippen LogP contribution in [0.15, 0.2) is 39.6 Å². The number of nitrogens with zero attached hydrogens (tertiary/aromatic N) is 3. The van der Waals surface area contributed by atoms with Gasteiger partial charge in [0.1, 0.15) is 15.3 Å². The zero-order chi connectivity index (χ0) is 15.0. The van der Waals surface area contributed by atoms with E-state index in [0.717, 1.165) is 27.8 Å². The first-order chi connectivity index (χ1) is 9.24. The van der Waals surface area contributed by atoms with E-state index in [4.69, 9.17) is 0 Å². The van der Waals surface area contributed by atoms with Crippen LogP contribution in [0.25, 0.3) is 0 Å². The predicted molar refractivity (Wildman–Crippen MR) is 70.2 cm³/mol. The highest BCUT2D eigenvalue weighted by molar-refractivity contribution is 7.94. The van der Waals surface area contributed by atoms with Crippen LogP contribution in [0.5, 0.6) is 0 Å². The van der Waals surface area contributed by atoms with Crippen LogP contribution >= 0.6 is 11.3 Å². The van der Waals surface area contributed by atoms with Gasteiger partial charge in [-0.3, -0.25) is 0 Å². The second-order valence-electron chi connectivity index (χ2n) is 3.58. The number of hydrogen-bond acceptors (Lipinski definition) is 7. The molecule has 7 nitrogen and oxygen atoms in total. The van der Waals surface area contributed by atoms with E-state index >= 15 is 0 Å². The summed E-state index contributed by atoms with van der Waals surface area (Å²) >= 11 is 0.947. The summed E-state index contributed by atoms with van der Waals surface area (Å²) in [5.41, 5.74) is 1.32. The SMILES string of the molecule is CN(c1nncs1)S(=O)(=O)c1ccccc1S(=O)(=O)F. The van der Waals surface area contributed by atoms with Gasteiger partial charge in [0.05, 0.1) is 0 Å². The van der Waals surface area contributed by atoms with E-state index in [0.29, 0.717) is 0 Å². The number of benzene rings is 1. The van der Waals surface area contributed by atoms with Gasteiger partial charge < -0.3 is 0 Å². The summed E-state index contributed by atoms with van der Waals surface area (Å²) in [6.45, 7) is 0. The maximum atomic E-state index is 13.2. The third-order valence-electron chi connectivity index (χ3n) is 2.37. The molecular formula is C9H8FN3O4S3. The van der Waals surface area contributed by atoms with Crippen molar-refractivity contribution in [2.24, 2.45) is 0 Å². The van der Waals surface area contributed by atoms with Crippen molar-refractivity contribution in [3.8, 4) is 0 Å². The molecule has 0 spiro atoms. The number of halogens is 1. The fraction of sp³-hybridized carbons (Fsp3) is 0.111. The number of aromatic nitrogens is 2. The molecule has 0 aliphatic heterocycles. The Morgan fingerprint density at radius 2 is 1.75 bits per heavy atom. The molecule has 1 aromatic heterocycles. The van der Waals surface area contributed by atoms with Crippen LogP contribution in [0.2, 0.25) is 0 Å². The summed E-state index contributed by atoms with van der Waals surface area (Å²) in [5.74, 6) is 0. The first-order valence-corrected chi connectivity index (χ1v) is 8.73. The second kappa shape index (κ2) is 5.07. The maximum absolute atomic E-state index is 13.2. The second-order valence-corrected chi connectivity index (χ2v) is 7.64. The molecule has 0 amide bonds. The highest BCUT2D eigenvalue weighted by Crippen LogP contribution is 2.28. The van der Waals surface area contributed by atoms with Gasteiger partial charge >= 0.3 is 10.2 Å². The molecule has 0 bridgehead atoms. The van der Waals surface area contributed by atoms with Gasteiger partial charge in [-0.1, -0.05) is 23.5 Å². The van der Waals surface area contributed by atoms with E-state index in [-0.39, 0.29) is 5.13 Å².